The number of carbonyl (C=O) groups excluding carboxylic acids is 1. The molecule has 1 aromatic carbocycles. The lowest BCUT2D eigenvalue weighted by Gasteiger charge is -2.27. The molecule has 0 aliphatic heterocycles. The number of aliphatic hydroxyl groups excluding tert-OH is 1. The van der Waals surface area contributed by atoms with Crippen LogP contribution in [0.5, 0.6) is 5.75 Å². The minimum absolute atomic E-state index is 0.0880. The molecule has 2 heterocycles. The van der Waals surface area contributed by atoms with Crippen LogP contribution < -0.4 is 10.1 Å². The van der Waals surface area contributed by atoms with Gasteiger partial charge in [-0.15, -0.1) is 11.3 Å². The van der Waals surface area contributed by atoms with Crippen LogP contribution >= 0.6 is 11.3 Å². The van der Waals surface area contributed by atoms with Crippen molar-refractivity contribution in [1.29, 1.82) is 0 Å². The normalized spacial score (nSPS) is 18.9. The van der Waals surface area contributed by atoms with Crippen molar-refractivity contribution in [3.63, 3.8) is 0 Å². The Morgan fingerprint density at radius 1 is 1.27 bits per heavy atom. The van der Waals surface area contributed by atoms with Gasteiger partial charge in [0.05, 0.1) is 30.4 Å². The van der Waals surface area contributed by atoms with Gasteiger partial charge in [-0.25, -0.2) is 19.2 Å². The van der Waals surface area contributed by atoms with Crippen molar-refractivity contribution in [2.75, 3.05) is 12.4 Å². The number of carbonyl (C=O) groups is 1. The number of aryl methyl sites for hydroxylation is 1. The van der Waals surface area contributed by atoms with E-state index in [0.717, 1.165) is 5.56 Å². The van der Waals surface area contributed by atoms with Crippen molar-refractivity contribution in [1.82, 2.24) is 9.97 Å². The molecule has 1 aliphatic rings. The van der Waals surface area contributed by atoms with Gasteiger partial charge < -0.3 is 19.9 Å². The number of halogens is 1. The summed E-state index contributed by atoms with van der Waals surface area (Å²) in [6, 6.07) is 4.28. The summed E-state index contributed by atoms with van der Waals surface area (Å²) in [6.45, 7) is 1.81. The summed E-state index contributed by atoms with van der Waals surface area (Å²) < 4.78 is 24.8. The Bertz CT molecular complexity index is 1080. The molecule has 0 amide bonds. The fourth-order valence-corrected chi connectivity index (χ4v) is 4.69. The second-order valence-corrected chi connectivity index (χ2v) is 8.26. The highest BCUT2D eigenvalue weighted by molar-refractivity contribution is 7.20. The molecule has 0 radical (unpaired) electrons. The van der Waals surface area contributed by atoms with E-state index in [-0.39, 0.29) is 12.2 Å². The van der Waals surface area contributed by atoms with E-state index in [1.54, 1.807) is 6.07 Å². The number of rotatable bonds is 5. The molecular formula is C21H22FN3O4S. The molecule has 0 unspecified atom stereocenters. The van der Waals surface area contributed by atoms with E-state index in [0.29, 0.717) is 58.0 Å². The smallest absolute Gasteiger partial charge is 0.348 e. The number of esters is 1. The summed E-state index contributed by atoms with van der Waals surface area (Å²) in [4.78, 5) is 21.8. The third-order valence-corrected chi connectivity index (χ3v) is 6.41. The number of nitrogens with one attached hydrogen (secondary N) is 1. The molecule has 2 aromatic heterocycles. The Balaban J connectivity index is 1.67. The maximum absolute atomic E-state index is 13.9. The zero-order chi connectivity index (χ0) is 21.3. The van der Waals surface area contributed by atoms with Crippen LogP contribution in [0, 0.1) is 12.7 Å². The van der Waals surface area contributed by atoms with Crippen molar-refractivity contribution in [2.24, 2.45) is 0 Å². The third-order valence-electron chi connectivity index (χ3n) is 5.23. The number of anilines is 2. The van der Waals surface area contributed by atoms with Gasteiger partial charge in [-0.05, 0) is 50.3 Å². The topological polar surface area (TPSA) is 93.6 Å². The van der Waals surface area contributed by atoms with E-state index in [2.05, 4.69) is 15.3 Å². The van der Waals surface area contributed by atoms with Crippen LogP contribution in [0.3, 0.4) is 0 Å². The van der Waals surface area contributed by atoms with Crippen molar-refractivity contribution >= 4 is 39.0 Å². The Morgan fingerprint density at radius 2 is 2.03 bits per heavy atom. The van der Waals surface area contributed by atoms with Gasteiger partial charge in [0.1, 0.15) is 33.4 Å². The minimum atomic E-state index is -0.424. The van der Waals surface area contributed by atoms with Gasteiger partial charge in [0.25, 0.3) is 0 Å². The molecule has 0 saturated heterocycles. The second kappa shape index (κ2) is 8.53. The maximum Gasteiger partial charge on any atom is 0.348 e. The van der Waals surface area contributed by atoms with Gasteiger partial charge in [-0.3, -0.25) is 0 Å². The monoisotopic (exact) mass is 431 g/mol. The molecule has 1 saturated carbocycles. The van der Waals surface area contributed by atoms with Crippen LogP contribution in [0.2, 0.25) is 0 Å². The Kier molecular flexibility index (Phi) is 5.83. The highest BCUT2D eigenvalue weighted by Crippen LogP contribution is 2.37. The van der Waals surface area contributed by atoms with E-state index >= 15 is 0 Å². The van der Waals surface area contributed by atoms with E-state index in [9.17, 15) is 14.3 Å². The summed E-state index contributed by atoms with van der Waals surface area (Å²) in [6.07, 6.45) is 3.78. The predicted molar refractivity (Wildman–Crippen MR) is 112 cm³/mol. The fraction of sp³-hybridized carbons (Fsp3) is 0.381. The van der Waals surface area contributed by atoms with Crippen LogP contribution in [0.1, 0.15) is 40.9 Å². The highest BCUT2D eigenvalue weighted by atomic mass is 32.1. The van der Waals surface area contributed by atoms with Crippen molar-refractivity contribution in [3.05, 3.63) is 40.8 Å². The minimum Gasteiger partial charge on any atom is -0.488 e. The van der Waals surface area contributed by atoms with Gasteiger partial charge in [0.2, 0.25) is 0 Å². The van der Waals surface area contributed by atoms with E-state index in [4.69, 9.17) is 9.47 Å². The molecule has 0 atom stereocenters. The number of nitrogens with zero attached hydrogens (tertiary/aromatic N) is 2. The van der Waals surface area contributed by atoms with Crippen molar-refractivity contribution in [2.45, 2.75) is 44.8 Å². The molecule has 7 nitrogen and oxygen atoms in total. The molecule has 30 heavy (non-hydrogen) atoms. The maximum atomic E-state index is 13.9. The van der Waals surface area contributed by atoms with Gasteiger partial charge >= 0.3 is 5.97 Å². The fourth-order valence-electron chi connectivity index (χ4n) is 3.62. The first-order chi connectivity index (χ1) is 14.5. The van der Waals surface area contributed by atoms with E-state index in [1.807, 2.05) is 6.92 Å². The molecule has 1 aliphatic carbocycles. The van der Waals surface area contributed by atoms with Crippen LogP contribution in [0.15, 0.2) is 24.5 Å². The summed E-state index contributed by atoms with van der Waals surface area (Å²) in [7, 11) is 1.34. The van der Waals surface area contributed by atoms with Gasteiger partial charge in [-0.1, -0.05) is 0 Å². The number of fused-ring (bicyclic) bond motifs is 1. The highest BCUT2D eigenvalue weighted by Gasteiger charge is 2.23. The number of aromatic nitrogens is 2. The number of benzene rings is 1. The molecule has 2 N–H and O–H groups in total. The average molecular weight is 431 g/mol. The molecule has 4 rings (SSSR count). The second-order valence-electron chi connectivity index (χ2n) is 7.26. The molecule has 0 bridgehead atoms. The Morgan fingerprint density at radius 3 is 2.77 bits per heavy atom. The number of hydrogen-bond donors (Lipinski definition) is 2. The lowest BCUT2D eigenvalue weighted by Crippen LogP contribution is -2.26. The zero-order valence-electron chi connectivity index (χ0n) is 16.6. The Labute approximate surface area is 176 Å². The van der Waals surface area contributed by atoms with Gasteiger partial charge in [0, 0.05) is 6.07 Å². The number of thiophene rings is 1. The Hall–Kier alpha value is -2.78. The third kappa shape index (κ3) is 4.08. The van der Waals surface area contributed by atoms with Crippen LogP contribution in [0.25, 0.3) is 10.2 Å². The first-order valence-electron chi connectivity index (χ1n) is 9.70. The van der Waals surface area contributed by atoms with Crippen LogP contribution in [0.4, 0.5) is 15.9 Å². The van der Waals surface area contributed by atoms with Crippen LogP contribution in [-0.4, -0.2) is 40.4 Å². The lowest BCUT2D eigenvalue weighted by molar-refractivity contribution is 0.0605. The summed E-state index contributed by atoms with van der Waals surface area (Å²) in [5.74, 6) is 0.0503. The number of hydrogen-bond acceptors (Lipinski definition) is 8. The van der Waals surface area contributed by atoms with Crippen molar-refractivity contribution in [3.8, 4) is 5.75 Å². The summed E-state index contributed by atoms with van der Waals surface area (Å²) in [5.41, 5.74) is 1.28. The molecular weight excluding hydrogens is 409 g/mol. The molecule has 0 spiro atoms. The predicted octanol–water partition coefficient (Wildman–Crippen LogP) is 4.35. The van der Waals surface area contributed by atoms with E-state index < -0.39 is 11.8 Å². The molecule has 1 fully saturated rings. The summed E-state index contributed by atoms with van der Waals surface area (Å²) >= 11 is 1.24. The molecule has 3 aromatic rings. The number of ether oxygens (including phenoxy) is 2. The SMILES string of the molecule is COC(=O)c1sc2ncnc(Nc3ccc(F)cc3O[C@H]3CC[C@@H](O)CC3)c2c1C. The first kappa shape index (κ1) is 20.5. The lowest BCUT2D eigenvalue weighted by atomic mass is 9.95. The number of methoxy groups -OCH3 is 1. The summed E-state index contributed by atoms with van der Waals surface area (Å²) in [5, 5.41) is 13.6. The average Bonchev–Trinajstić information content (AvgIpc) is 3.08. The largest absolute Gasteiger partial charge is 0.488 e. The zero-order valence-corrected chi connectivity index (χ0v) is 17.5. The molecule has 158 valence electrons. The van der Waals surface area contributed by atoms with Crippen molar-refractivity contribution < 1.29 is 23.8 Å². The van der Waals surface area contributed by atoms with Gasteiger partial charge in [0.15, 0.2) is 0 Å². The van der Waals surface area contributed by atoms with Crippen LogP contribution in [-0.2, 0) is 4.74 Å². The van der Waals surface area contributed by atoms with Gasteiger partial charge in [-0.2, -0.15) is 0 Å². The quantitative estimate of drug-likeness (QED) is 0.580. The molecule has 9 heteroatoms. The van der Waals surface area contributed by atoms with E-state index in [1.165, 1.54) is 36.9 Å². The number of aliphatic hydroxyl groups is 1. The first-order valence-corrected chi connectivity index (χ1v) is 10.5. The standard InChI is InChI=1S/C21H22FN3O4S/c1-11-17-19(23-10-24-20(17)30-18(11)21(27)28-2)25-15-8-3-12(22)9-16(15)29-14-6-4-13(26)5-7-14/h3,8-10,13-14,26H,4-7H2,1-2H3,(H,23,24,25)/t13-,14+.